The van der Waals surface area contributed by atoms with Gasteiger partial charge in [0.1, 0.15) is 5.82 Å². The van der Waals surface area contributed by atoms with E-state index in [1.807, 2.05) is 10.0 Å². The highest BCUT2D eigenvalue weighted by molar-refractivity contribution is 7.92. The van der Waals surface area contributed by atoms with Gasteiger partial charge in [0.2, 0.25) is 15.9 Å². The number of alkyl halides is 3. The Morgan fingerprint density at radius 1 is 1.22 bits per heavy atom. The van der Waals surface area contributed by atoms with Crippen LogP contribution in [-0.4, -0.2) is 37.3 Å². The second-order valence-corrected chi connectivity index (χ2v) is 7.82. The van der Waals surface area contributed by atoms with Gasteiger partial charge in [-0.05, 0) is 19.1 Å². The second kappa shape index (κ2) is 8.74. The average Bonchev–Trinajstić information content (AvgIpc) is 2.50. The van der Waals surface area contributed by atoms with E-state index in [4.69, 9.17) is 16.7 Å². The van der Waals surface area contributed by atoms with Crippen molar-refractivity contribution in [3.63, 3.8) is 0 Å². The molecule has 0 aliphatic carbocycles. The van der Waals surface area contributed by atoms with Crippen molar-refractivity contribution in [3.8, 4) is 0 Å². The molecule has 7 nitrogen and oxygen atoms in total. The first-order chi connectivity index (χ1) is 12.2. The van der Waals surface area contributed by atoms with Gasteiger partial charge in [-0.15, -0.1) is 0 Å². The Balaban J connectivity index is 3.03. The van der Waals surface area contributed by atoms with Crippen LogP contribution in [0.4, 0.5) is 28.9 Å². The van der Waals surface area contributed by atoms with Gasteiger partial charge in [-0.1, -0.05) is 11.6 Å². The predicted molar refractivity (Wildman–Crippen MR) is 89.5 cm³/mol. The number of carboxylic acids is 1. The molecule has 1 amide bonds. The molecule has 0 heterocycles. The number of aliphatic carboxylic acids is 1. The maximum Gasteiger partial charge on any atom is 0.392 e. The normalized spacial score (nSPS) is 13.1. The van der Waals surface area contributed by atoms with Crippen LogP contribution in [0.15, 0.2) is 12.1 Å². The second-order valence-electron chi connectivity index (χ2n) is 5.41. The van der Waals surface area contributed by atoms with E-state index in [0.717, 1.165) is 6.07 Å². The third kappa shape index (κ3) is 7.21. The molecule has 0 saturated heterocycles. The number of hydrogen-bond donors (Lipinski definition) is 3. The van der Waals surface area contributed by atoms with Crippen LogP contribution in [0.5, 0.6) is 0 Å². The summed E-state index contributed by atoms with van der Waals surface area (Å²) in [6.45, 7) is 1.32. The smallest absolute Gasteiger partial charge is 0.392 e. The van der Waals surface area contributed by atoms with Crippen molar-refractivity contribution < 1.29 is 40.7 Å². The van der Waals surface area contributed by atoms with E-state index in [2.05, 4.69) is 0 Å². The Morgan fingerprint density at radius 2 is 1.81 bits per heavy atom. The molecule has 0 fully saturated rings. The number of halogens is 5. The zero-order chi connectivity index (χ0) is 21.0. The third-order valence-electron chi connectivity index (χ3n) is 3.29. The fourth-order valence-corrected chi connectivity index (χ4v) is 2.80. The molecule has 152 valence electrons. The van der Waals surface area contributed by atoms with E-state index in [1.54, 1.807) is 0 Å². The van der Waals surface area contributed by atoms with Crippen LogP contribution >= 0.6 is 11.6 Å². The molecule has 13 heteroatoms. The third-order valence-corrected chi connectivity index (χ3v) is 4.90. The number of carbonyl (C=O) groups excluding carboxylic acids is 1. The fraction of sp³-hybridized carbons (Fsp3) is 0.429. The SMILES string of the molecule is CCS(=O)(=O)Nc1cc(NC(=O)CC(CC(=O)O)C(F)(F)F)c(F)cc1Cl. The van der Waals surface area contributed by atoms with Gasteiger partial charge in [0, 0.05) is 6.42 Å². The highest BCUT2D eigenvalue weighted by Crippen LogP contribution is 2.33. The fourth-order valence-electron chi connectivity index (χ4n) is 1.90. The Kier molecular flexibility index (Phi) is 7.43. The molecule has 1 aromatic carbocycles. The minimum Gasteiger partial charge on any atom is -0.481 e. The number of rotatable bonds is 8. The van der Waals surface area contributed by atoms with Crippen molar-refractivity contribution in [2.45, 2.75) is 25.9 Å². The number of carboxylic acid groups (broad SMARTS) is 1. The van der Waals surface area contributed by atoms with Crippen LogP contribution in [0, 0.1) is 11.7 Å². The molecule has 27 heavy (non-hydrogen) atoms. The molecule has 1 unspecified atom stereocenters. The van der Waals surface area contributed by atoms with E-state index in [0.29, 0.717) is 6.07 Å². The number of benzene rings is 1. The lowest BCUT2D eigenvalue weighted by Crippen LogP contribution is -2.30. The van der Waals surface area contributed by atoms with Gasteiger partial charge in [0.15, 0.2) is 0 Å². The highest BCUT2D eigenvalue weighted by Gasteiger charge is 2.42. The molecule has 1 aromatic rings. The first-order valence-electron chi connectivity index (χ1n) is 7.33. The molecule has 0 saturated carbocycles. The molecular weight excluding hydrogens is 420 g/mol. The van der Waals surface area contributed by atoms with Crippen LogP contribution in [0.2, 0.25) is 5.02 Å². The van der Waals surface area contributed by atoms with Crippen molar-refractivity contribution in [1.82, 2.24) is 0 Å². The largest absolute Gasteiger partial charge is 0.481 e. The summed E-state index contributed by atoms with van der Waals surface area (Å²) in [6.07, 6.45) is -7.54. The summed E-state index contributed by atoms with van der Waals surface area (Å²) in [5.74, 6) is -6.97. The molecule has 1 atom stereocenters. The van der Waals surface area contributed by atoms with E-state index >= 15 is 0 Å². The lowest BCUT2D eigenvalue weighted by Gasteiger charge is -2.18. The molecular formula is C14H15ClF4N2O5S. The summed E-state index contributed by atoms with van der Waals surface area (Å²) in [4.78, 5) is 22.3. The summed E-state index contributed by atoms with van der Waals surface area (Å²) < 4.78 is 77.4. The summed E-state index contributed by atoms with van der Waals surface area (Å²) in [6, 6.07) is 1.48. The van der Waals surface area contributed by atoms with Crippen LogP contribution in [-0.2, 0) is 19.6 Å². The van der Waals surface area contributed by atoms with E-state index < -0.39 is 58.3 Å². The first-order valence-corrected chi connectivity index (χ1v) is 9.36. The Morgan fingerprint density at radius 3 is 2.30 bits per heavy atom. The first kappa shape index (κ1) is 23.0. The van der Waals surface area contributed by atoms with Gasteiger partial charge in [0.25, 0.3) is 0 Å². The van der Waals surface area contributed by atoms with Crippen molar-refractivity contribution >= 4 is 44.9 Å². The summed E-state index contributed by atoms with van der Waals surface area (Å²) in [5, 5.41) is 10.0. The number of anilines is 2. The highest BCUT2D eigenvalue weighted by atomic mass is 35.5. The van der Waals surface area contributed by atoms with Crippen molar-refractivity contribution in [2.75, 3.05) is 15.8 Å². The van der Waals surface area contributed by atoms with Gasteiger partial charge in [-0.25, -0.2) is 12.8 Å². The standard InChI is InChI=1S/C14H15ClF4N2O5S/c1-2-27(25,26)21-10-6-11(9(16)5-8(10)15)20-12(22)3-7(4-13(23)24)14(17,18)19/h5-7,21H,2-4H2,1H3,(H,20,22)(H,23,24). The number of carbonyl (C=O) groups is 2. The van der Waals surface area contributed by atoms with Crippen molar-refractivity contribution in [2.24, 2.45) is 5.92 Å². The molecule has 0 aromatic heterocycles. The Bertz CT molecular complexity index is 830. The number of nitrogens with one attached hydrogen (secondary N) is 2. The molecule has 1 rings (SSSR count). The minimum absolute atomic E-state index is 0.284. The number of amides is 1. The van der Waals surface area contributed by atoms with Crippen LogP contribution < -0.4 is 10.0 Å². The Labute approximate surface area is 156 Å². The Hall–Kier alpha value is -2.08. The van der Waals surface area contributed by atoms with Gasteiger partial charge < -0.3 is 10.4 Å². The number of sulfonamides is 1. The van der Waals surface area contributed by atoms with Crippen LogP contribution in [0.1, 0.15) is 19.8 Å². The van der Waals surface area contributed by atoms with E-state index in [1.165, 1.54) is 6.92 Å². The summed E-state index contributed by atoms with van der Waals surface area (Å²) in [5.41, 5.74) is -0.900. The van der Waals surface area contributed by atoms with Crippen LogP contribution in [0.3, 0.4) is 0 Å². The maximum atomic E-state index is 13.9. The maximum absolute atomic E-state index is 13.9. The number of hydrogen-bond acceptors (Lipinski definition) is 4. The van der Waals surface area contributed by atoms with E-state index in [-0.39, 0.29) is 16.5 Å². The van der Waals surface area contributed by atoms with E-state index in [9.17, 15) is 35.6 Å². The average molecular weight is 435 g/mol. The predicted octanol–water partition coefficient (Wildman–Crippen LogP) is 3.22. The van der Waals surface area contributed by atoms with Gasteiger partial charge in [0.05, 0.1) is 34.5 Å². The van der Waals surface area contributed by atoms with Crippen LogP contribution in [0.25, 0.3) is 0 Å². The van der Waals surface area contributed by atoms with Crippen molar-refractivity contribution in [3.05, 3.63) is 23.0 Å². The molecule has 0 radical (unpaired) electrons. The summed E-state index contributed by atoms with van der Waals surface area (Å²) >= 11 is 5.71. The van der Waals surface area contributed by atoms with Crippen molar-refractivity contribution in [1.29, 1.82) is 0 Å². The molecule has 0 bridgehead atoms. The van der Waals surface area contributed by atoms with Gasteiger partial charge >= 0.3 is 12.1 Å². The topological polar surface area (TPSA) is 113 Å². The summed E-state index contributed by atoms with van der Waals surface area (Å²) in [7, 11) is -3.79. The zero-order valence-corrected chi connectivity index (χ0v) is 15.3. The van der Waals surface area contributed by atoms with Gasteiger partial charge in [-0.3, -0.25) is 14.3 Å². The molecule has 0 aliphatic rings. The van der Waals surface area contributed by atoms with Gasteiger partial charge in [-0.2, -0.15) is 13.2 Å². The lowest BCUT2D eigenvalue weighted by atomic mass is 10.0. The lowest BCUT2D eigenvalue weighted by molar-refractivity contribution is -0.185. The molecule has 0 spiro atoms. The molecule has 0 aliphatic heterocycles. The minimum atomic E-state index is -4.95. The molecule has 3 N–H and O–H groups in total. The monoisotopic (exact) mass is 434 g/mol. The zero-order valence-electron chi connectivity index (χ0n) is 13.7. The quantitative estimate of drug-likeness (QED) is 0.544.